The predicted octanol–water partition coefficient (Wildman–Crippen LogP) is 2.98. The molecule has 17 heavy (non-hydrogen) atoms. The lowest BCUT2D eigenvalue weighted by Gasteiger charge is -2.17. The number of aromatic nitrogens is 1. The van der Waals surface area contributed by atoms with Crippen LogP contribution in [0.4, 0.5) is 11.4 Å². The van der Waals surface area contributed by atoms with Gasteiger partial charge in [-0.2, -0.15) is 0 Å². The maximum atomic E-state index is 5.67. The van der Waals surface area contributed by atoms with Crippen molar-refractivity contribution in [2.24, 2.45) is 0 Å². The molecule has 0 unspecified atom stereocenters. The van der Waals surface area contributed by atoms with Gasteiger partial charge in [0.05, 0.1) is 12.2 Å². The van der Waals surface area contributed by atoms with Crippen LogP contribution in [0.25, 0.3) is 0 Å². The third kappa shape index (κ3) is 2.77. The molecule has 2 rings (SSSR count). The van der Waals surface area contributed by atoms with Gasteiger partial charge in [0.2, 0.25) is 0 Å². The van der Waals surface area contributed by atoms with E-state index in [1.54, 1.807) is 11.3 Å². The fourth-order valence-electron chi connectivity index (χ4n) is 1.63. The zero-order chi connectivity index (χ0) is 12.4. The number of anilines is 2. The van der Waals surface area contributed by atoms with Crippen molar-refractivity contribution in [2.75, 3.05) is 17.7 Å². The van der Waals surface area contributed by atoms with Gasteiger partial charge in [0.25, 0.3) is 0 Å². The van der Waals surface area contributed by atoms with Crippen LogP contribution in [0.15, 0.2) is 24.3 Å². The quantitative estimate of drug-likeness (QED) is 0.848. The Balaban J connectivity index is 2.11. The van der Waals surface area contributed by atoms with Crippen LogP contribution in [0.1, 0.15) is 15.6 Å². The van der Waals surface area contributed by atoms with E-state index in [0.29, 0.717) is 0 Å². The summed E-state index contributed by atoms with van der Waals surface area (Å²) in [5.74, 6) is 0. The lowest BCUT2D eigenvalue weighted by molar-refractivity contribution is 0.905. The van der Waals surface area contributed by atoms with Crippen molar-refractivity contribution in [3.05, 3.63) is 39.8 Å². The second kappa shape index (κ2) is 4.75. The molecule has 0 radical (unpaired) electrons. The number of benzene rings is 1. The summed E-state index contributed by atoms with van der Waals surface area (Å²) in [6.07, 6.45) is 0. The van der Waals surface area contributed by atoms with Crippen LogP contribution >= 0.6 is 11.3 Å². The Morgan fingerprint density at radius 1 is 1.24 bits per heavy atom. The van der Waals surface area contributed by atoms with Crippen molar-refractivity contribution < 1.29 is 0 Å². The minimum atomic E-state index is 0.795. The van der Waals surface area contributed by atoms with E-state index in [4.69, 9.17) is 5.73 Å². The summed E-state index contributed by atoms with van der Waals surface area (Å²) in [5.41, 5.74) is 8.76. The molecular weight excluding hydrogens is 230 g/mol. The fourth-order valence-corrected chi connectivity index (χ4v) is 2.62. The molecule has 4 heteroatoms. The molecule has 2 N–H and O–H groups in total. The molecule has 0 saturated carbocycles. The first-order valence-electron chi connectivity index (χ1n) is 5.56. The molecule has 0 amide bonds. The van der Waals surface area contributed by atoms with Gasteiger partial charge in [0, 0.05) is 23.3 Å². The molecule has 90 valence electrons. The number of nitrogens with two attached hydrogens (primary N) is 1. The Kier molecular flexibility index (Phi) is 3.33. The molecule has 0 aliphatic rings. The first-order chi connectivity index (χ1) is 8.06. The van der Waals surface area contributed by atoms with Crippen molar-refractivity contribution in [3.63, 3.8) is 0 Å². The third-order valence-corrected chi connectivity index (χ3v) is 3.84. The maximum absolute atomic E-state index is 5.67. The molecule has 3 nitrogen and oxygen atoms in total. The van der Waals surface area contributed by atoms with Crippen LogP contribution in [-0.2, 0) is 6.54 Å². The molecule has 0 atom stereocenters. The van der Waals surface area contributed by atoms with Crippen LogP contribution in [0.3, 0.4) is 0 Å². The highest BCUT2D eigenvalue weighted by Gasteiger charge is 2.07. The average Bonchev–Trinajstić information content (AvgIpc) is 2.58. The number of nitrogen functional groups attached to an aromatic ring is 1. The Morgan fingerprint density at radius 3 is 2.41 bits per heavy atom. The van der Waals surface area contributed by atoms with Crippen molar-refractivity contribution in [3.8, 4) is 0 Å². The van der Waals surface area contributed by atoms with Gasteiger partial charge in [-0.05, 0) is 38.1 Å². The second-order valence-corrected chi connectivity index (χ2v) is 5.48. The SMILES string of the molecule is Cc1nc(CN(C)c2ccc(N)cc2)sc1C. The number of hydrogen-bond donors (Lipinski definition) is 1. The van der Waals surface area contributed by atoms with Crippen molar-refractivity contribution in [1.82, 2.24) is 4.98 Å². The topological polar surface area (TPSA) is 42.2 Å². The van der Waals surface area contributed by atoms with E-state index in [1.807, 2.05) is 24.3 Å². The standard InChI is InChI=1S/C13H17N3S/c1-9-10(2)17-13(15-9)8-16(3)12-6-4-11(14)5-7-12/h4-7H,8,14H2,1-3H3. The number of thiazole rings is 1. The molecule has 0 fully saturated rings. The monoisotopic (exact) mass is 247 g/mol. The average molecular weight is 247 g/mol. The Labute approximate surface area is 106 Å². The van der Waals surface area contributed by atoms with Gasteiger partial charge in [0.1, 0.15) is 5.01 Å². The summed E-state index contributed by atoms with van der Waals surface area (Å²) in [5, 5.41) is 1.15. The molecule has 0 aliphatic heterocycles. The molecule has 0 aliphatic carbocycles. The number of nitrogens with zero attached hydrogens (tertiary/aromatic N) is 2. The van der Waals surface area contributed by atoms with E-state index < -0.39 is 0 Å². The molecule has 0 bridgehead atoms. The molecule has 1 aromatic carbocycles. The number of hydrogen-bond acceptors (Lipinski definition) is 4. The van der Waals surface area contributed by atoms with Gasteiger partial charge >= 0.3 is 0 Å². The lowest BCUT2D eigenvalue weighted by Crippen LogP contribution is -2.16. The largest absolute Gasteiger partial charge is 0.399 e. The zero-order valence-corrected chi connectivity index (χ0v) is 11.2. The maximum Gasteiger partial charge on any atom is 0.112 e. The highest BCUT2D eigenvalue weighted by Crippen LogP contribution is 2.21. The van der Waals surface area contributed by atoms with Gasteiger partial charge in [-0.25, -0.2) is 4.98 Å². The minimum absolute atomic E-state index is 0.795. The first-order valence-corrected chi connectivity index (χ1v) is 6.37. The van der Waals surface area contributed by atoms with Crippen molar-refractivity contribution in [1.29, 1.82) is 0 Å². The highest BCUT2D eigenvalue weighted by atomic mass is 32.1. The Bertz CT molecular complexity index is 482. The van der Waals surface area contributed by atoms with Gasteiger partial charge in [-0.3, -0.25) is 0 Å². The van der Waals surface area contributed by atoms with Gasteiger partial charge < -0.3 is 10.6 Å². The molecule has 2 aromatic rings. The van der Waals surface area contributed by atoms with E-state index in [9.17, 15) is 0 Å². The number of rotatable bonds is 3. The zero-order valence-electron chi connectivity index (χ0n) is 10.4. The van der Waals surface area contributed by atoms with Crippen LogP contribution in [0.5, 0.6) is 0 Å². The van der Waals surface area contributed by atoms with Gasteiger partial charge in [-0.15, -0.1) is 11.3 Å². The van der Waals surface area contributed by atoms with Crippen molar-refractivity contribution >= 4 is 22.7 Å². The number of aryl methyl sites for hydroxylation is 2. The van der Waals surface area contributed by atoms with E-state index >= 15 is 0 Å². The minimum Gasteiger partial charge on any atom is -0.399 e. The summed E-state index contributed by atoms with van der Waals surface area (Å²) in [7, 11) is 2.07. The fraction of sp³-hybridized carbons (Fsp3) is 0.308. The van der Waals surface area contributed by atoms with E-state index in [2.05, 4.69) is 30.8 Å². The van der Waals surface area contributed by atoms with Crippen LogP contribution in [0.2, 0.25) is 0 Å². The smallest absolute Gasteiger partial charge is 0.112 e. The van der Waals surface area contributed by atoms with Crippen LogP contribution in [0, 0.1) is 13.8 Å². The molecule has 0 spiro atoms. The van der Waals surface area contributed by atoms with Crippen molar-refractivity contribution in [2.45, 2.75) is 20.4 Å². The van der Waals surface area contributed by atoms with Gasteiger partial charge in [0.15, 0.2) is 0 Å². The van der Waals surface area contributed by atoms with Gasteiger partial charge in [-0.1, -0.05) is 0 Å². The van der Waals surface area contributed by atoms with E-state index in [-0.39, 0.29) is 0 Å². The molecule has 0 saturated heterocycles. The van der Waals surface area contributed by atoms with Crippen LogP contribution < -0.4 is 10.6 Å². The molecule has 1 aromatic heterocycles. The summed E-state index contributed by atoms with van der Waals surface area (Å²) in [4.78, 5) is 8.02. The Hall–Kier alpha value is -1.55. The summed E-state index contributed by atoms with van der Waals surface area (Å²) < 4.78 is 0. The predicted molar refractivity (Wildman–Crippen MR) is 74.5 cm³/mol. The normalized spacial score (nSPS) is 10.5. The van der Waals surface area contributed by atoms with Crippen LogP contribution in [-0.4, -0.2) is 12.0 Å². The lowest BCUT2D eigenvalue weighted by atomic mass is 10.2. The third-order valence-electron chi connectivity index (χ3n) is 2.78. The summed E-state index contributed by atoms with van der Waals surface area (Å²) in [6, 6.07) is 7.90. The summed E-state index contributed by atoms with van der Waals surface area (Å²) in [6.45, 7) is 5.00. The molecular formula is C13H17N3S. The van der Waals surface area contributed by atoms with E-state index in [0.717, 1.165) is 28.6 Å². The highest BCUT2D eigenvalue weighted by molar-refractivity contribution is 7.11. The summed E-state index contributed by atoms with van der Waals surface area (Å²) >= 11 is 1.76. The Morgan fingerprint density at radius 2 is 1.88 bits per heavy atom. The van der Waals surface area contributed by atoms with E-state index in [1.165, 1.54) is 4.88 Å². The second-order valence-electron chi connectivity index (χ2n) is 4.20. The molecule has 1 heterocycles. The first kappa shape index (κ1) is 11.9.